The zero-order chi connectivity index (χ0) is 20.1. The lowest BCUT2D eigenvalue weighted by molar-refractivity contribution is 0.0949. The molecule has 0 aliphatic carbocycles. The summed E-state index contributed by atoms with van der Waals surface area (Å²) in [6.45, 7) is 0.176. The second-order valence-electron chi connectivity index (χ2n) is 5.71. The number of hydrogen-bond donors (Lipinski definition) is 2. The Kier molecular flexibility index (Phi) is 5.91. The van der Waals surface area contributed by atoms with Crippen LogP contribution in [0.4, 0.5) is 5.69 Å². The minimum atomic E-state index is -4.05. The number of nitrogens with one attached hydrogen (secondary N) is 2. The fourth-order valence-corrected chi connectivity index (χ4v) is 4.02. The van der Waals surface area contributed by atoms with E-state index in [2.05, 4.69) is 10.0 Å². The first-order valence-corrected chi connectivity index (χ1v) is 10.0. The molecule has 0 saturated heterocycles. The minimum absolute atomic E-state index is 0.126. The fraction of sp³-hybridized carbons (Fsp3) is 0.105. The third-order valence-corrected chi connectivity index (χ3v) is 5.46. The smallest absolute Gasteiger partial charge is 0.265 e. The van der Waals surface area contributed by atoms with Crippen LogP contribution in [0.3, 0.4) is 0 Å². The molecule has 0 saturated carbocycles. The van der Waals surface area contributed by atoms with Crippen LogP contribution in [0.15, 0.2) is 70.2 Å². The highest BCUT2D eigenvalue weighted by Gasteiger charge is 2.22. The highest BCUT2D eigenvalue weighted by Crippen LogP contribution is 2.29. The van der Waals surface area contributed by atoms with E-state index < -0.39 is 15.9 Å². The van der Waals surface area contributed by atoms with Crippen LogP contribution >= 0.6 is 11.6 Å². The average Bonchev–Trinajstić information content (AvgIpc) is 3.20. The van der Waals surface area contributed by atoms with Gasteiger partial charge in [0.05, 0.1) is 31.2 Å². The number of anilines is 1. The van der Waals surface area contributed by atoms with Gasteiger partial charge in [0.1, 0.15) is 16.4 Å². The standard InChI is InChI=1S/C19H17ClN2O5S/c1-26-17-9-8-13(20)11-18(17)28(24,25)22-16-7-3-2-6-15(16)19(23)21-12-14-5-4-10-27-14/h2-11,22H,12H2,1H3,(H,21,23). The number of furan rings is 1. The van der Waals surface area contributed by atoms with E-state index in [1.165, 1.54) is 43.7 Å². The van der Waals surface area contributed by atoms with Gasteiger partial charge >= 0.3 is 0 Å². The van der Waals surface area contributed by atoms with Crippen LogP contribution in [-0.2, 0) is 16.6 Å². The molecule has 0 fully saturated rings. The van der Waals surface area contributed by atoms with Crippen LogP contribution in [0, 0.1) is 0 Å². The third-order valence-electron chi connectivity index (χ3n) is 3.83. The van der Waals surface area contributed by atoms with Gasteiger partial charge < -0.3 is 14.5 Å². The van der Waals surface area contributed by atoms with Crippen LogP contribution < -0.4 is 14.8 Å². The Hall–Kier alpha value is -2.97. The lowest BCUT2D eigenvalue weighted by Gasteiger charge is -2.14. The SMILES string of the molecule is COc1ccc(Cl)cc1S(=O)(=O)Nc1ccccc1C(=O)NCc1ccco1. The second kappa shape index (κ2) is 8.37. The number of hydrogen-bond acceptors (Lipinski definition) is 5. The summed E-state index contributed by atoms with van der Waals surface area (Å²) in [7, 11) is -2.69. The van der Waals surface area contributed by atoms with Crippen molar-refractivity contribution in [1.82, 2.24) is 5.32 Å². The van der Waals surface area contributed by atoms with Crippen molar-refractivity contribution in [3.8, 4) is 5.75 Å². The van der Waals surface area contributed by atoms with Crippen LogP contribution in [0.5, 0.6) is 5.75 Å². The summed E-state index contributed by atoms with van der Waals surface area (Å²) in [4.78, 5) is 12.4. The average molecular weight is 421 g/mol. The molecule has 0 atom stereocenters. The Morgan fingerprint density at radius 2 is 1.93 bits per heavy atom. The molecule has 2 N–H and O–H groups in total. The van der Waals surface area contributed by atoms with Crippen LogP contribution in [0.1, 0.15) is 16.1 Å². The number of rotatable bonds is 7. The largest absolute Gasteiger partial charge is 0.495 e. The molecule has 1 aromatic heterocycles. The predicted octanol–water partition coefficient (Wildman–Crippen LogP) is 3.67. The van der Waals surface area contributed by atoms with Crippen molar-refractivity contribution < 1.29 is 22.4 Å². The first-order valence-electron chi connectivity index (χ1n) is 8.16. The molecular formula is C19H17ClN2O5S. The van der Waals surface area contributed by atoms with Crippen molar-refractivity contribution in [2.24, 2.45) is 0 Å². The summed E-state index contributed by atoms with van der Waals surface area (Å²) in [6.07, 6.45) is 1.50. The molecule has 0 spiro atoms. The Morgan fingerprint density at radius 1 is 1.14 bits per heavy atom. The highest BCUT2D eigenvalue weighted by atomic mass is 35.5. The number of para-hydroxylation sites is 1. The summed E-state index contributed by atoms with van der Waals surface area (Å²) in [5, 5.41) is 2.93. The van der Waals surface area contributed by atoms with Gasteiger partial charge in [-0.2, -0.15) is 0 Å². The molecule has 9 heteroatoms. The van der Waals surface area contributed by atoms with Crippen molar-refractivity contribution in [3.05, 3.63) is 77.2 Å². The number of sulfonamides is 1. The van der Waals surface area contributed by atoms with Crippen molar-refractivity contribution in [3.63, 3.8) is 0 Å². The quantitative estimate of drug-likeness (QED) is 0.607. The number of methoxy groups -OCH3 is 1. The first kappa shape index (κ1) is 19.8. The Bertz CT molecular complexity index is 1080. The number of carbonyl (C=O) groups is 1. The van der Waals surface area contributed by atoms with E-state index in [-0.39, 0.29) is 33.5 Å². The van der Waals surface area contributed by atoms with Crippen LogP contribution in [0.25, 0.3) is 0 Å². The minimum Gasteiger partial charge on any atom is -0.495 e. The zero-order valence-electron chi connectivity index (χ0n) is 14.8. The van der Waals surface area contributed by atoms with Gasteiger partial charge in [-0.25, -0.2) is 8.42 Å². The van der Waals surface area contributed by atoms with Gasteiger partial charge in [-0.1, -0.05) is 23.7 Å². The van der Waals surface area contributed by atoms with Gasteiger partial charge in [0.15, 0.2) is 0 Å². The molecule has 146 valence electrons. The molecule has 1 amide bonds. The molecular weight excluding hydrogens is 404 g/mol. The van der Waals surface area contributed by atoms with Gasteiger partial charge in [-0.3, -0.25) is 9.52 Å². The molecule has 3 rings (SSSR count). The monoisotopic (exact) mass is 420 g/mol. The number of carbonyl (C=O) groups excluding carboxylic acids is 1. The topological polar surface area (TPSA) is 97.6 Å². The van der Waals surface area contributed by atoms with Crippen molar-refractivity contribution in [2.45, 2.75) is 11.4 Å². The second-order valence-corrected chi connectivity index (χ2v) is 7.80. The van der Waals surface area contributed by atoms with Crippen molar-refractivity contribution in [2.75, 3.05) is 11.8 Å². The maximum atomic E-state index is 12.9. The molecule has 2 aromatic carbocycles. The molecule has 7 nitrogen and oxygen atoms in total. The molecule has 0 bridgehead atoms. The Morgan fingerprint density at radius 3 is 2.64 bits per heavy atom. The molecule has 0 radical (unpaired) electrons. The van der Waals surface area contributed by atoms with Crippen molar-refractivity contribution in [1.29, 1.82) is 0 Å². The van der Waals surface area contributed by atoms with Gasteiger partial charge in [0.25, 0.3) is 15.9 Å². The number of amides is 1. The highest BCUT2D eigenvalue weighted by molar-refractivity contribution is 7.92. The molecule has 3 aromatic rings. The molecule has 1 heterocycles. The van der Waals surface area contributed by atoms with Crippen LogP contribution in [-0.4, -0.2) is 21.4 Å². The van der Waals surface area contributed by atoms with Gasteiger partial charge in [0, 0.05) is 5.02 Å². The van der Waals surface area contributed by atoms with E-state index in [1.807, 2.05) is 0 Å². The maximum Gasteiger partial charge on any atom is 0.265 e. The van der Waals surface area contributed by atoms with Gasteiger partial charge in [-0.05, 0) is 42.5 Å². The normalized spacial score (nSPS) is 11.1. The van der Waals surface area contributed by atoms with Crippen molar-refractivity contribution >= 4 is 33.2 Å². The van der Waals surface area contributed by atoms with E-state index in [0.717, 1.165) is 0 Å². The van der Waals surface area contributed by atoms with E-state index in [9.17, 15) is 13.2 Å². The van der Waals surface area contributed by atoms with E-state index in [4.69, 9.17) is 20.8 Å². The van der Waals surface area contributed by atoms with E-state index >= 15 is 0 Å². The fourth-order valence-electron chi connectivity index (χ4n) is 2.51. The molecule has 0 unspecified atom stereocenters. The zero-order valence-corrected chi connectivity index (χ0v) is 16.4. The molecule has 0 aliphatic heterocycles. The number of halogens is 1. The van der Waals surface area contributed by atoms with E-state index in [0.29, 0.717) is 5.76 Å². The maximum absolute atomic E-state index is 12.9. The van der Waals surface area contributed by atoms with Gasteiger partial charge in [0.2, 0.25) is 0 Å². The lowest BCUT2D eigenvalue weighted by Crippen LogP contribution is -2.24. The first-order chi connectivity index (χ1) is 13.4. The number of benzene rings is 2. The molecule has 0 aliphatic rings. The van der Waals surface area contributed by atoms with Crippen LogP contribution in [0.2, 0.25) is 5.02 Å². The summed E-state index contributed by atoms with van der Waals surface area (Å²) < 4.78 is 38.4. The van der Waals surface area contributed by atoms with Gasteiger partial charge in [-0.15, -0.1) is 0 Å². The van der Waals surface area contributed by atoms with E-state index in [1.54, 1.807) is 24.3 Å². The number of ether oxygens (including phenoxy) is 1. The molecule has 28 heavy (non-hydrogen) atoms. The Labute approximate surface area is 167 Å². The summed E-state index contributed by atoms with van der Waals surface area (Å²) in [5.41, 5.74) is 0.292. The summed E-state index contributed by atoms with van der Waals surface area (Å²) >= 11 is 5.93. The third kappa shape index (κ3) is 4.47. The lowest BCUT2D eigenvalue weighted by atomic mass is 10.1. The summed E-state index contributed by atoms with van der Waals surface area (Å²) in [5.74, 6) is 0.263. The summed E-state index contributed by atoms with van der Waals surface area (Å²) in [6, 6.07) is 14.0. The Balaban J connectivity index is 1.86. The predicted molar refractivity (Wildman–Crippen MR) is 105 cm³/mol.